The van der Waals surface area contributed by atoms with Gasteiger partial charge in [-0.1, -0.05) is 17.2 Å². The molecule has 0 saturated heterocycles. The topological polar surface area (TPSA) is 166 Å². The highest BCUT2D eigenvalue weighted by Crippen LogP contribution is 2.46. The van der Waals surface area contributed by atoms with Gasteiger partial charge >= 0.3 is 0 Å². The van der Waals surface area contributed by atoms with Crippen LogP contribution in [0.25, 0.3) is 10.4 Å². The number of hydrogen-bond donors (Lipinski definition) is 4. The molecule has 242 valence electrons. The van der Waals surface area contributed by atoms with Gasteiger partial charge < -0.3 is 25.8 Å². The molecule has 2 aliphatic rings. The molecule has 0 saturated carbocycles. The largest absolute Gasteiger partial charge is 0.503 e. The zero-order valence-corrected chi connectivity index (χ0v) is 31.3. The fourth-order valence-electron chi connectivity index (χ4n) is 4.86. The minimum atomic E-state index is -0.391. The molecule has 3 aromatic rings. The number of hydrogen-bond acceptors (Lipinski definition) is 6. The Balaban J connectivity index is 1.42. The van der Waals surface area contributed by atoms with Gasteiger partial charge in [-0.2, -0.15) is 0 Å². The first-order chi connectivity index (χ1) is 22.0. The number of rotatable bonds is 7. The molecule has 5 rings (SSSR count). The quantitative estimate of drug-likeness (QED) is 0.0618. The Morgan fingerprint density at radius 2 is 1.87 bits per heavy atom. The number of benzene rings is 3. The van der Waals surface area contributed by atoms with Gasteiger partial charge in [-0.3, -0.25) is 14.4 Å². The summed E-state index contributed by atoms with van der Waals surface area (Å²) >= 11 is 12.6. The molecule has 15 heteroatoms. The molecule has 3 amide bonds. The molecule has 0 radical (unpaired) electrons. The number of aryl methyl sites for hydroxylation is 1. The third kappa shape index (κ3) is 10.1. The van der Waals surface area contributed by atoms with Crippen LogP contribution in [0.3, 0.4) is 0 Å². The number of aromatic hydroxyl groups is 1. The van der Waals surface area contributed by atoms with Crippen LogP contribution < -0.4 is 20.7 Å². The van der Waals surface area contributed by atoms with E-state index in [9.17, 15) is 19.5 Å². The van der Waals surface area contributed by atoms with Crippen molar-refractivity contribution >= 4 is 93.8 Å². The van der Waals surface area contributed by atoms with Gasteiger partial charge in [-0.15, -0.1) is 0 Å². The lowest BCUT2D eigenvalue weighted by Crippen LogP contribution is -2.39. The summed E-state index contributed by atoms with van der Waals surface area (Å²) in [5, 5.41) is 23.1. The molecular weight excluding hydrogens is 903 g/mol. The monoisotopic (exact) mass is 930 g/mol. The average molecular weight is 933 g/mol. The molecule has 0 aromatic heterocycles. The predicted octanol–water partition coefficient (Wildman–Crippen LogP) is 8.10. The lowest BCUT2D eigenvalue weighted by Gasteiger charge is -2.20. The fourth-order valence-corrected chi connectivity index (χ4v) is 6.90. The number of azide groups is 1. The van der Waals surface area contributed by atoms with Crippen molar-refractivity contribution in [3.63, 3.8) is 0 Å². The van der Waals surface area contributed by atoms with Crippen molar-refractivity contribution in [3.8, 4) is 17.2 Å². The van der Waals surface area contributed by atoms with Crippen LogP contribution in [0.5, 0.6) is 17.2 Å². The van der Waals surface area contributed by atoms with Crippen molar-refractivity contribution in [2.45, 2.75) is 51.0 Å². The highest BCUT2D eigenvalue weighted by Gasteiger charge is 2.21. The van der Waals surface area contributed by atoms with Crippen LogP contribution >= 0.6 is 70.4 Å². The number of nitrogens with one attached hydrogen (secondary N) is 3. The summed E-state index contributed by atoms with van der Waals surface area (Å²) in [6.07, 6.45) is 3.08. The first-order valence-electron chi connectivity index (χ1n) is 14.4. The summed E-state index contributed by atoms with van der Waals surface area (Å²) in [6.45, 7) is 0.704. The summed E-state index contributed by atoms with van der Waals surface area (Å²) in [6, 6.07) is 11.9. The predicted molar refractivity (Wildman–Crippen MR) is 193 cm³/mol. The molecule has 0 unspecified atom stereocenters. The van der Waals surface area contributed by atoms with Gasteiger partial charge in [-0.05, 0) is 149 Å². The van der Waals surface area contributed by atoms with Gasteiger partial charge in [0.25, 0.3) is 5.91 Å². The Morgan fingerprint density at radius 3 is 2.63 bits per heavy atom. The number of fused-ring (bicyclic) bond motifs is 11. The molecule has 1 atom stereocenters. The molecule has 4 N–H and O–H groups in total. The number of nitrogens with zero attached hydrogens (tertiary/aromatic N) is 3. The lowest BCUT2D eigenvalue weighted by molar-refractivity contribution is -0.123. The van der Waals surface area contributed by atoms with Gasteiger partial charge in [0.15, 0.2) is 11.5 Å². The highest BCUT2D eigenvalue weighted by molar-refractivity contribution is 14.1. The van der Waals surface area contributed by atoms with E-state index in [0.29, 0.717) is 69.9 Å². The molecule has 2 aliphatic heterocycles. The van der Waals surface area contributed by atoms with Gasteiger partial charge in [0.2, 0.25) is 11.8 Å². The van der Waals surface area contributed by atoms with Gasteiger partial charge in [0, 0.05) is 46.0 Å². The van der Waals surface area contributed by atoms with Crippen LogP contribution in [0.15, 0.2) is 61.0 Å². The first kappa shape index (κ1) is 36.0. The third-order valence-corrected chi connectivity index (χ3v) is 9.97. The molecule has 11 nitrogen and oxygen atoms in total. The second-order valence-electron chi connectivity index (χ2n) is 10.5. The minimum Gasteiger partial charge on any atom is -0.503 e. The molecule has 3 aromatic carbocycles. The number of amides is 3. The Bertz CT molecular complexity index is 1680. The molecule has 4 bridgehead atoms. The number of carbonyl (C=O) groups is 3. The number of unbranched alkanes of at least 4 members (excludes halogenated alkanes) is 1. The van der Waals surface area contributed by atoms with Gasteiger partial charge in [0.05, 0.1) is 19.1 Å². The van der Waals surface area contributed by atoms with Crippen molar-refractivity contribution in [2.75, 3.05) is 13.1 Å². The van der Waals surface area contributed by atoms with Crippen molar-refractivity contribution in [2.24, 2.45) is 5.11 Å². The van der Waals surface area contributed by atoms with Crippen molar-refractivity contribution in [1.82, 2.24) is 16.0 Å². The van der Waals surface area contributed by atoms with Crippen LogP contribution in [0.1, 0.15) is 53.6 Å². The zero-order valence-electron chi connectivity index (χ0n) is 24.4. The number of ether oxygens (including phenoxy) is 1. The maximum atomic E-state index is 12.9. The van der Waals surface area contributed by atoms with Crippen molar-refractivity contribution in [1.29, 1.82) is 0 Å². The SMILES string of the molecule is [N-]=[N+]=Nc1ccc(I)cc1C(=O)NCCCC[C@H]1CC(=O)NCCc2cc(Br)c(O)c(c2Br)Oc2ccc(cc2Br)CCC(=O)N1. The Morgan fingerprint density at radius 1 is 1.07 bits per heavy atom. The maximum Gasteiger partial charge on any atom is 0.251 e. The molecule has 0 spiro atoms. The fraction of sp³-hybridized carbons (Fsp3) is 0.323. The standard InChI is InChI=1S/C31H30Br3IN6O5/c32-22-13-17-4-8-25(22)46-30-28(34)18(14-23(33)29(30)44)10-12-37-27(43)16-20(39-26(42)9-5-17)3-1-2-11-38-31(45)21-15-19(35)6-7-24(21)40-41-36/h4,6-8,13-15,20,44H,1-3,5,9-12,16H2,(H,37,43)(H,38,45)(H,39,42)/t20-/m0/s1. The maximum absolute atomic E-state index is 12.9. The van der Waals surface area contributed by atoms with Gasteiger partial charge in [-0.25, -0.2) is 0 Å². The Kier molecular flexibility index (Phi) is 13.6. The molecule has 2 heterocycles. The second-order valence-corrected chi connectivity index (χ2v) is 14.3. The summed E-state index contributed by atoms with van der Waals surface area (Å²) in [4.78, 5) is 41.4. The van der Waals surface area contributed by atoms with E-state index in [1.807, 2.05) is 12.1 Å². The van der Waals surface area contributed by atoms with E-state index in [1.165, 1.54) is 0 Å². The smallest absolute Gasteiger partial charge is 0.251 e. The van der Waals surface area contributed by atoms with Crippen molar-refractivity contribution < 1.29 is 24.2 Å². The third-order valence-electron chi connectivity index (χ3n) is 7.21. The summed E-state index contributed by atoms with van der Waals surface area (Å²) in [5.41, 5.74) is 11.1. The van der Waals surface area contributed by atoms with E-state index in [4.69, 9.17) is 10.3 Å². The summed E-state index contributed by atoms with van der Waals surface area (Å²) in [7, 11) is 0. The van der Waals surface area contributed by atoms with Crippen molar-refractivity contribution in [3.05, 3.63) is 86.6 Å². The normalized spacial score (nSPS) is 15.4. The first-order valence-corrected chi connectivity index (χ1v) is 17.9. The Labute approximate surface area is 304 Å². The zero-order chi connectivity index (χ0) is 33.2. The minimum absolute atomic E-state index is 0.0585. The number of phenols is 1. The van der Waals surface area contributed by atoms with Crippen LogP contribution in [-0.2, 0) is 22.4 Å². The molecule has 0 fully saturated rings. The van der Waals surface area contributed by atoms with E-state index < -0.39 is 6.04 Å². The molecule has 46 heavy (non-hydrogen) atoms. The number of halogens is 4. The molecular formula is C31H30Br3IN6O5. The Hall–Kier alpha value is -2.85. The second kappa shape index (κ2) is 17.3. The van der Waals surface area contributed by atoms with Crippen LogP contribution in [0.4, 0.5) is 5.69 Å². The number of carbonyl (C=O) groups excluding carboxylic acids is 3. The van der Waals surface area contributed by atoms with Gasteiger partial charge in [0.1, 0.15) is 5.75 Å². The summed E-state index contributed by atoms with van der Waals surface area (Å²) < 4.78 is 8.63. The lowest BCUT2D eigenvalue weighted by atomic mass is 10.0. The van der Waals surface area contributed by atoms with Crippen LogP contribution in [-0.4, -0.2) is 42.0 Å². The van der Waals surface area contributed by atoms with E-state index in [1.54, 1.807) is 30.3 Å². The number of phenolic OH excluding ortho intramolecular Hbond substituents is 1. The highest BCUT2D eigenvalue weighted by atomic mass is 127. The van der Waals surface area contributed by atoms with E-state index in [2.05, 4.69) is 96.4 Å². The summed E-state index contributed by atoms with van der Waals surface area (Å²) in [5.74, 6) is -0.0220. The van der Waals surface area contributed by atoms with E-state index in [-0.39, 0.29) is 47.7 Å². The van der Waals surface area contributed by atoms with Crippen LogP contribution in [0, 0.1) is 3.57 Å². The van der Waals surface area contributed by atoms with E-state index >= 15 is 0 Å². The van der Waals surface area contributed by atoms with Crippen LogP contribution in [0.2, 0.25) is 0 Å². The average Bonchev–Trinajstić information content (AvgIpc) is 3.01. The molecule has 0 aliphatic carbocycles. The van der Waals surface area contributed by atoms with E-state index in [0.717, 1.165) is 14.7 Å².